The van der Waals surface area contributed by atoms with Crippen LogP contribution in [-0.4, -0.2) is 25.3 Å². The summed E-state index contributed by atoms with van der Waals surface area (Å²) in [6.45, 7) is 6.74. The van der Waals surface area contributed by atoms with Crippen molar-refractivity contribution in [1.82, 2.24) is 5.32 Å². The van der Waals surface area contributed by atoms with E-state index in [1.807, 2.05) is 0 Å². The van der Waals surface area contributed by atoms with Crippen molar-refractivity contribution < 1.29 is 4.74 Å². The first-order valence-corrected chi connectivity index (χ1v) is 7.52. The van der Waals surface area contributed by atoms with Gasteiger partial charge in [-0.25, -0.2) is 0 Å². The van der Waals surface area contributed by atoms with Crippen LogP contribution >= 0.6 is 0 Å². The second kappa shape index (κ2) is 4.55. The fourth-order valence-electron chi connectivity index (χ4n) is 4.10. The van der Waals surface area contributed by atoms with Crippen LogP contribution in [0.1, 0.15) is 52.4 Å². The quantitative estimate of drug-likeness (QED) is 0.793. The molecule has 1 saturated heterocycles. The van der Waals surface area contributed by atoms with Gasteiger partial charge in [0.1, 0.15) is 0 Å². The van der Waals surface area contributed by atoms with Crippen molar-refractivity contribution in [2.45, 2.75) is 64.5 Å². The predicted molar refractivity (Wildman–Crippen MR) is 70.0 cm³/mol. The molecule has 1 aliphatic heterocycles. The van der Waals surface area contributed by atoms with Crippen LogP contribution in [0.5, 0.6) is 0 Å². The zero-order valence-corrected chi connectivity index (χ0v) is 11.4. The van der Waals surface area contributed by atoms with Gasteiger partial charge in [-0.1, -0.05) is 13.8 Å². The molecular weight excluding hydrogens is 210 g/mol. The van der Waals surface area contributed by atoms with E-state index in [-0.39, 0.29) is 0 Å². The van der Waals surface area contributed by atoms with Crippen molar-refractivity contribution in [2.75, 3.05) is 13.2 Å². The maximum absolute atomic E-state index is 5.87. The first kappa shape index (κ1) is 12.0. The van der Waals surface area contributed by atoms with Crippen molar-refractivity contribution in [2.24, 2.45) is 17.3 Å². The number of fused-ring (bicyclic) bond motifs is 1. The minimum Gasteiger partial charge on any atom is -0.378 e. The Bertz CT molecular complexity index is 260. The Morgan fingerprint density at radius 3 is 2.65 bits per heavy atom. The molecule has 2 saturated carbocycles. The topological polar surface area (TPSA) is 21.3 Å². The summed E-state index contributed by atoms with van der Waals surface area (Å²) in [7, 11) is 0. The molecule has 0 radical (unpaired) electrons. The lowest BCUT2D eigenvalue weighted by atomic mass is 9.77. The minimum absolute atomic E-state index is 0.571. The highest BCUT2D eigenvalue weighted by molar-refractivity contribution is 5.05. The molecule has 0 bridgehead atoms. The second-order valence-electron chi connectivity index (χ2n) is 7.04. The third-order valence-corrected chi connectivity index (χ3v) is 5.03. The molecule has 1 N–H and O–H groups in total. The fourth-order valence-corrected chi connectivity index (χ4v) is 4.10. The van der Waals surface area contributed by atoms with E-state index in [0.717, 1.165) is 18.4 Å². The Balaban J connectivity index is 1.59. The maximum Gasteiger partial charge on any atom is 0.0581 e. The van der Waals surface area contributed by atoms with Gasteiger partial charge in [0, 0.05) is 19.2 Å². The number of rotatable bonds is 5. The van der Waals surface area contributed by atoms with E-state index in [9.17, 15) is 0 Å². The van der Waals surface area contributed by atoms with Crippen molar-refractivity contribution in [3.8, 4) is 0 Å². The highest BCUT2D eigenvalue weighted by Gasteiger charge is 2.54. The molecule has 0 amide bonds. The SMILES string of the molecule is CC(C)NCC1(CC2CCCO2)CC2CC2C1. The summed E-state index contributed by atoms with van der Waals surface area (Å²) in [5.74, 6) is 2.15. The molecule has 0 aromatic rings. The molecule has 2 heteroatoms. The van der Waals surface area contributed by atoms with Gasteiger partial charge in [-0.15, -0.1) is 0 Å². The van der Waals surface area contributed by atoms with Crippen LogP contribution in [0.2, 0.25) is 0 Å². The van der Waals surface area contributed by atoms with Gasteiger partial charge in [0.25, 0.3) is 0 Å². The van der Waals surface area contributed by atoms with Gasteiger partial charge in [0.15, 0.2) is 0 Å². The average Bonchev–Trinajstić information content (AvgIpc) is 2.73. The largest absolute Gasteiger partial charge is 0.378 e. The van der Waals surface area contributed by atoms with Crippen LogP contribution in [0.4, 0.5) is 0 Å². The second-order valence-corrected chi connectivity index (χ2v) is 7.04. The highest BCUT2D eigenvalue weighted by atomic mass is 16.5. The van der Waals surface area contributed by atoms with Crippen LogP contribution in [0, 0.1) is 17.3 Å². The molecular formula is C15H27NO. The molecule has 1 heterocycles. The van der Waals surface area contributed by atoms with Crippen LogP contribution in [-0.2, 0) is 4.74 Å². The van der Waals surface area contributed by atoms with Gasteiger partial charge >= 0.3 is 0 Å². The number of hydrogen-bond acceptors (Lipinski definition) is 2. The molecule has 98 valence electrons. The summed E-state index contributed by atoms with van der Waals surface area (Å²) in [6.07, 6.45) is 8.94. The van der Waals surface area contributed by atoms with Crippen molar-refractivity contribution in [1.29, 1.82) is 0 Å². The van der Waals surface area contributed by atoms with Gasteiger partial charge in [0.05, 0.1) is 6.10 Å². The van der Waals surface area contributed by atoms with E-state index in [1.165, 1.54) is 45.1 Å². The van der Waals surface area contributed by atoms with E-state index < -0.39 is 0 Å². The summed E-state index contributed by atoms with van der Waals surface area (Å²) >= 11 is 0. The smallest absolute Gasteiger partial charge is 0.0581 e. The first-order valence-electron chi connectivity index (χ1n) is 7.52. The van der Waals surface area contributed by atoms with Gasteiger partial charge in [0.2, 0.25) is 0 Å². The lowest BCUT2D eigenvalue weighted by Gasteiger charge is -2.34. The Morgan fingerprint density at radius 2 is 2.06 bits per heavy atom. The Hall–Kier alpha value is -0.0800. The van der Waals surface area contributed by atoms with E-state index in [4.69, 9.17) is 4.74 Å². The molecule has 3 unspecified atom stereocenters. The molecule has 2 aliphatic carbocycles. The van der Waals surface area contributed by atoms with Crippen molar-refractivity contribution in [3.05, 3.63) is 0 Å². The Morgan fingerprint density at radius 1 is 1.29 bits per heavy atom. The normalized spacial score (nSPS) is 44.3. The fraction of sp³-hybridized carbons (Fsp3) is 1.00. The summed E-state index contributed by atoms with van der Waals surface area (Å²) in [4.78, 5) is 0. The molecule has 3 atom stereocenters. The molecule has 0 spiro atoms. The predicted octanol–water partition coefficient (Wildman–Crippen LogP) is 2.97. The Kier molecular flexibility index (Phi) is 3.20. The molecule has 0 aromatic heterocycles. The lowest BCUT2D eigenvalue weighted by molar-refractivity contribution is 0.0563. The minimum atomic E-state index is 0.571. The number of nitrogens with one attached hydrogen (secondary N) is 1. The van der Waals surface area contributed by atoms with Gasteiger partial charge in [-0.3, -0.25) is 0 Å². The summed E-state index contributed by atoms with van der Waals surface area (Å²) in [6, 6.07) is 0.619. The molecule has 0 aromatic carbocycles. The summed E-state index contributed by atoms with van der Waals surface area (Å²) in [5, 5.41) is 3.69. The van der Waals surface area contributed by atoms with Gasteiger partial charge in [-0.05, 0) is 55.8 Å². The van der Waals surface area contributed by atoms with Gasteiger partial charge in [-0.2, -0.15) is 0 Å². The molecule has 3 aliphatic rings. The van der Waals surface area contributed by atoms with E-state index in [0.29, 0.717) is 17.6 Å². The van der Waals surface area contributed by atoms with Crippen LogP contribution in [0.15, 0.2) is 0 Å². The lowest BCUT2D eigenvalue weighted by Crippen LogP contribution is -2.39. The standard InChI is InChI=1S/C15H27NO/c1-11(2)16-10-15(7-12-6-13(12)8-15)9-14-4-3-5-17-14/h11-14,16H,3-10H2,1-2H3. The maximum atomic E-state index is 5.87. The highest BCUT2D eigenvalue weighted by Crippen LogP contribution is 2.61. The zero-order chi connectivity index (χ0) is 11.9. The van der Waals surface area contributed by atoms with E-state index in [2.05, 4.69) is 19.2 Å². The number of hydrogen-bond donors (Lipinski definition) is 1. The van der Waals surface area contributed by atoms with Gasteiger partial charge < -0.3 is 10.1 Å². The molecule has 2 nitrogen and oxygen atoms in total. The Labute approximate surface area is 105 Å². The summed E-state index contributed by atoms with van der Waals surface area (Å²) < 4.78 is 5.87. The number of ether oxygens (including phenoxy) is 1. The molecule has 17 heavy (non-hydrogen) atoms. The van der Waals surface area contributed by atoms with E-state index in [1.54, 1.807) is 0 Å². The van der Waals surface area contributed by atoms with Crippen LogP contribution in [0.3, 0.4) is 0 Å². The van der Waals surface area contributed by atoms with Crippen molar-refractivity contribution in [3.63, 3.8) is 0 Å². The zero-order valence-electron chi connectivity index (χ0n) is 11.4. The third kappa shape index (κ3) is 2.68. The molecule has 3 fully saturated rings. The van der Waals surface area contributed by atoms with Crippen molar-refractivity contribution >= 4 is 0 Å². The van der Waals surface area contributed by atoms with Crippen LogP contribution in [0.25, 0.3) is 0 Å². The summed E-state index contributed by atoms with van der Waals surface area (Å²) in [5.41, 5.74) is 0.576. The monoisotopic (exact) mass is 237 g/mol. The third-order valence-electron chi connectivity index (χ3n) is 5.03. The first-order chi connectivity index (χ1) is 8.17. The van der Waals surface area contributed by atoms with Crippen LogP contribution < -0.4 is 5.32 Å². The van der Waals surface area contributed by atoms with E-state index >= 15 is 0 Å². The molecule has 3 rings (SSSR count). The average molecular weight is 237 g/mol.